The Kier molecular flexibility index (Phi) is 7.04. The van der Waals surface area contributed by atoms with Crippen molar-refractivity contribution in [2.75, 3.05) is 6.54 Å². The van der Waals surface area contributed by atoms with Gasteiger partial charge in [-0.3, -0.25) is 0 Å². The van der Waals surface area contributed by atoms with E-state index in [0.29, 0.717) is 6.04 Å². The van der Waals surface area contributed by atoms with Crippen LogP contribution in [0.5, 0.6) is 0 Å². The Labute approximate surface area is 113 Å². The summed E-state index contributed by atoms with van der Waals surface area (Å²) in [6.45, 7) is 10.1. The van der Waals surface area contributed by atoms with Gasteiger partial charge in [0.15, 0.2) is 0 Å². The molecule has 0 saturated carbocycles. The fourth-order valence-electron chi connectivity index (χ4n) is 2.61. The van der Waals surface area contributed by atoms with Crippen molar-refractivity contribution in [3.8, 4) is 0 Å². The first-order chi connectivity index (χ1) is 8.69. The third-order valence-corrected chi connectivity index (χ3v) is 3.71. The minimum absolute atomic E-state index is 0.689. The SMILES string of the molecule is CCCNC(CCC)CCc1c(C)cccc1C. The van der Waals surface area contributed by atoms with Crippen molar-refractivity contribution < 1.29 is 0 Å². The molecule has 0 saturated heterocycles. The van der Waals surface area contributed by atoms with E-state index >= 15 is 0 Å². The molecular formula is C17H29N. The molecule has 0 aliphatic heterocycles. The summed E-state index contributed by atoms with van der Waals surface area (Å²) in [7, 11) is 0. The van der Waals surface area contributed by atoms with E-state index in [-0.39, 0.29) is 0 Å². The number of benzene rings is 1. The fraction of sp³-hybridized carbons (Fsp3) is 0.647. The van der Waals surface area contributed by atoms with E-state index in [1.807, 2.05) is 0 Å². The van der Waals surface area contributed by atoms with E-state index in [0.717, 1.165) is 6.54 Å². The lowest BCUT2D eigenvalue weighted by atomic mass is 9.95. The highest BCUT2D eigenvalue weighted by Crippen LogP contribution is 2.17. The van der Waals surface area contributed by atoms with Crippen LogP contribution in [0.15, 0.2) is 18.2 Å². The fourth-order valence-corrected chi connectivity index (χ4v) is 2.61. The van der Waals surface area contributed by atoms with Gasteiger partial charge in [0.05, 0.1) is 0 Å². The minimum Gasteiger partial charge on any atom is -0.314 e. The van der Waals surface area contributed by atoms with E-state index in [1.165, 1.54) is 43.2 Å². The van der Waals surface area contributed by atoms with Gasteiger partial charge in [0.2, 0.25) is 0 Å². The maximum atomic E-state index is 3.68. The van der Waals surface area contributed by atoms with Gasteiger partial charge in [-0.25, -0.2) is 0 Å². The van der Waals surface area contributed by atoms with Crippen LogP contribution in [0.2, 0.25) is 0 Å². The highest BCUT2D eigenvalue weighted by Gasteiger charge is 2.09. The quantitative estimate of drug-likeness (QED) is 0.717. The number of hydrogen-bond donors (Lipinski definition) is 1. The van der Waals surface area contributed by atoms with Crippen molar-refractivity contribution in [3.63, 3.8) is 0 Å². The van der Waals surface area contributed by atoms with Gasteiger partial charge in [-0.05, 0) is 62.8 Å². The Morgan fingerprint density at radius 3 is 2.22 bits per heavy atom. The molecule has 0 fully saturated rings. The van der Waals surface area contributed by atoms with Crippen LogP contribution in [0.25, 0.3) is 0 Å². The third kappa shape index (κ3) is 4.81. The summed E-state index contributed by atoms with van der Waals surface area (Å²) in [6, 6.07) is 7.31. The molecular weight excluding hydrogens is 218 g/mol. The Bertz CT molecular complexity index is 323. The minimum atomic E-state index is 0.689. The summed E-state index contributed by atoms with van der Waals surface area (Å²) in [4.78, 5) is 0. The number of aryl methyl sites for hydroxylation is 2. The zero-order valence-corrected chi connectivity index (χ0v) is 12.6. The van der Waals surface area contributed by atoms with Crippen LogP contribution < -0.4 is 5.32 Å². The molecule has 18 heavy (non-hydrogen) atoms. The van der Waals surface area contributed by atoms with E-state index in [4.69, 9.17) is 0 Å². The molecule has 0 aromatic heterocycles. The van der Waals surface area contributed by atoms with Gasteiger partial charge in [0, 0.05) is 6.04 Å². The van der Waals surface area contributed by atoms with Crippen LogP contribution in [0.4, 0.5) is 0 Å². The summed E-state index contributed by atoms with van der Waals surface area (Å²) in [5, 5.41) is 3.68. The lowest BCUT2D eigenvalue weighted by Crippen LogP contribution is -2.30. The standard InChI is InChI=1S/C17H29N/c1-5-8-16(18-13-6-2)11-12-17-14(3)9-7-10-15(17)4/h7,9-10,16,18H,5-6,8,11-13H2,1-4H3. The molecule has 0 radical (unpaired) electrons. The molecule has 0 aliphatic rings. The first kappa shape index (κ1) is 15.2. The molecule has 1 rings (SSSR count). The zero-order chi connectivity index (χ0) is 13.4. The summed E-state index contributed by atoms with van der Waals surface area (Å²) in [5.74, 6) is 0. The van der Waals surface area contributed by atoms with Crippen molar-refractivity contribution in [2.24, 2.45) is 0 Å². The monoisotopic (exact) mass is 247 g/mol. The van der Waals surface area contributed by atoms with Crippen LogP contribution in [0, 0.1) is 13.8 Å². The molecule has 102 valence electrons. The molecule has 0 heterocycles. The van der Waals surface area contributed by atoms with Gasteiger partial charge >= 0.3 is 0 Å². The molecule has 1 aromatic rings. The van der Waals surface area contributed by atoms with Crippen LogP contribution >= 0.6 is 0 Å². The van der Waals surface area contributed by atoms with E-state index in [9.17, 15) is 0 Å². The zero-order valence-electron chi connectivity index (χ0n) is 12.6. The average molecular weight is 247 g/mol. The van der Waals surface area contributed by atoms with Gasteiger partial charge in [-0.2, -0.15) is 0 Å². The molecule has 0 bridgehead atoms. The van der Waals surface area contributed by atoms with E-state index in [1.54, 1.807) is 5.56 Å². The maximum Gasteiger partial charge on any atom is 0.00701 e. The maximum absolute atomic E-state index is 3.68. The molecule has 0 spiro atoms. The van der Waals surface area contributed by atoms with E-state index < -0.39 is 0 Å². The molecule has 1 atom stereocenters. The van der Waals surface area contributed by atoms with Crippen LogP contribution in [-0.4, -0.2) is 12.6 Å². The van der Waals surface area contributed by atoms with Gasteiger partial charge in [0.1, 0.15) is 0 Å². The van der Waals surface area contributed by atoms with Crippen LogP contribution in [-0.2, 0) is 6.42 Å². The highest BCUT2D eigenvalue weighted by atomic mass is 14.9. The first-order valence-electron chi connectivity index (χ1n) is 7.47. The molecule has 1 unspecified atom stereocenters. The second-order valence-corrected chi connectivity index (χ2v) is 5.35. The smallest absolute Gasteiger partial charge is 0.00701 e. The third-order valence-electron chi connectivity index (χ3n) is 3.71. The molecule has 0 amide bonds. The lowest BCUT2D eigenvalue weighted by Gasteiger charge is -2.19. The second-order valence-electron chi connectivity index (χ2n) is 5.35. The Morgan fingerprint density at radius 1 is 1.00 bits per heavy atom. The summed E-state index contributed by atoms with van der Waals surface area (Å²) < 4.78 is 0. The number of rotatable bonds is 8. The summed E-state index contributed by atoms with van der Waals surface area (Å²) in [6.07, 6.45) is 6.27. The molecule has 1 heteroatoms. The normalized spacial score (nSPS) is 12.7. The first-order valence-corrected chi connectivity index (χ1v) is 7.47. The second kappa shape index (κ2) is 8.31. The molecule has 1 nitrogen and oxygen atoms in total. The van der Waals surface area contributed by atoms with Crippen molar-refractivity contribution in [1.82, 2.24) is 5.32 Å². The van der Waals surface area contributed by atoms with Gasteiger partial charge in [-0.15, -0.1) is 0 Å². The van der Waals surface area contributed by atoms with Crippen LogP contribution in [0.3, 0.4) is 0 Å². The van der Waals surface area contributed by atoms with Crippen molar-refractivity contribution in [3.05, 3.63) is 34.9 Å². The Morgan fingerprint density at radius 2 is 1.67 bits per heavy atom. The Hall–Kier alpha value is -0.820. The molecule has 0 aliphatic carbocycles. The van der Waals surface area contributed by atoms with Gasteiger partial charge < -0.3 is 5.32 Å². The average Bonchev–Trinajstić information content (AvgIpc) is 2.35. The van der Waals surface area contributed by atoms with Crippen molar-refractivity contribution >= 4 is 0 Å². The lowest BCUT2D eigenvalue weighted by molar-refractivity contribution is 0.448. The summed E-state index contributed by atoms with van der Waals surface area (Å²) >= 11 is 0. The highest BCUT2D eigenvalue weighted by molar-refractivity contribution is 5.33. The summed E-state index contributed by atoms with van der Waals surface area (Å²) in [5.41, 5.74) is 4.44. The number of hydrogen-bond acceptors (Lipinski definition) is 1. The Balaban J connectivity index is 2.55. The largest absolute Gasteiger partial charge is 0.314 e. The van der Waals surface area contributed by atoms with Crippen molar-refractivity contribution in [2.45, 2.75) is 65.8 Å². The molecule has 1 N–H and O–H groups in total. The molecule has 1 aromatic carbocycles. The van der Waals surface area contributed by atoms with Crippen LogP contribution in [0.1, 0.15) is 56.2 Å². The topological polar surface area (TPSA) is 12.0 Å². The van der Waals surface area contributed by atoms with E-state index in [2.05, 4.69) is 51.2 Å². The van der Waals surface area contributed by atoms with Gasteiger partial charge in [-0.1, -0.05) is 38.5 Å². The predicted octanol–water partition coefficient (Wildman–Crippen LogP) is 4.40. The van der Waals surface area contributed by atoms with Gasteiger partial charge in [0.25, 0.3) is 0 Å². The van der Waals surface area contributed by atoms with Crippen molar-refractivity contribution in [1.29, 1.82) is 0 Å². The number of nitrogens with one attached hydrogen (secondary N) is 1. The predicted molar refractivity (Wildman–Crippen MR) is 81.2 cm³/mol.